The molecule has 0 aliphatic carbocycles. The predicted octanol–water partition coefficient (Wildman–Crippen LogP) is 2.78. The molecule has 2 N–H and O–H groups in total. The predicted molar refractivity (Wildman–Crippen MR) is 68.4 cm³/mol. The molecule has 2 rings (SSSR count). The van der Waals surface area contributed by atoms with Crippen LogP contribution in [0.1, 0.15) is 17.2 Å². The van der Waals surface area contributed by atoms with Gasteiger partial charge in [0.15, 0.2) is 5.78 Å². The second-order valence-corrected chi connectivity index (χ2v) is 4.31. The first-order chi connectivity index (χ1) is 9.06. The molecule has 19 heavy (non-hydrogen) atoms. The molecule has 4 heteroatoms. The maximum absolute atomic E-state index is 13.0. The average Bonchev–Trinajstić information content (AvgIpc) is 2.37. The molecule has 0 amide bonds. The number of halogens is 2. The van der Waals surface area contributed by atoms with Crippen LogP contribution in [0.5, 0.6) is 0 Å². The molecule has 0 heterocycles. The third-order valence-corrected chi connectivity index (χ3v) is 2.81. The van der Waals surface area contributed by atoms with Gasteiger partial charge in [0.25, 0.3) is 0 Å². The van der Waals surface area contributed by atoms with Gasteiger partial charge in [0.2, 0.25) is 0 Å². The van der Waals surface area contributed by atoms with E-state index in [-0.39, 0.29) is 17.8 Å². The van der Waals surface area contributed by atoms with Gasteiger partial charge < -0.3 is 5.73 Å². The Morgan fingerprint density at radius 2 is 1.63 bits per heavy atom. The summed E-state index contributed by atoms with van der Waals surface area (Å²) in [6.45, 7) is 0. The van der Waals surface area contributed by atoms with Crippen LogP contribution in [0.25, 0.3) is 0 Å². The number of nitrogens with two attached hydrogens (primary N) is 1. The van der Waals surface area contributed by atoms with Crippen molar-refractivity contribution in [3.63, 3.8) is 0 Å². The van der Waals surface area contributed by atoms with Crippen molar-refractivity contribution in [1.82, 2.24) is 0 Å². The first-order valence-electron chi connectivity index (χ1n) is 5.84. The highest BCUT2D eigenvalue weighted by molar-refractivity contribution is 5.87. The van der Waals surface area contributed by atoms with Crippen molar-refractivity contribution in [3.8, 4) is 0 Å². The van der Waals surface area contributed by atoms with E-state index in [0.717, 1.165) is 18.2 Å². The largest absolute Gasteiger partial charge is 0.318 e. The molecule has 2 nitrogen and oxygen atoms in total. The number of ketones is 1. The molecule has 0 saturated heterocycles. The molecule has 0 aliphatic rings. The third-order valence-electron chi connectivity index (χ3n) is 2.81. The van der Waals surface area contributed by atoms with E-state index in [4.69, 9.17) is 5.73 Å². The van der Waals surface area contributed by atoms with Crippen LogP contribution in [0.15, 0.2) is 48.5 Å². The summed E-state index contributed by atoms with van der Waals surface area (Å²) < 4.78 is 26.0. The zero-order valence-corrected chi connectivity index (χ0v) is 10.1. The van der Waals surface area contributed by atoms with Crippen molar-refractivity contribution in [3.05, 3.63) is 71.3 Å². The molecule has 0 aliphatic heterocycles. The van der Waals surface area contributed by atoms with Gasteiger partial charge in [-0.1, -0.05) is 30.3 Å². The number of hydrogen-bond donors (Lipinski definition) is 1. The van der Waals surface area contributed by atoms with Crippen LogP contribution in [0.3, 0.4) is 0 Å². The maximum atomic E-state index is 13.0. The van der Waals surface area contributed by atoms with Gasteiger partial charge in [0, 0.05) is 12.5 Å². The lowest BCUT2D eigenvalue weighted by Crippen LogP contribution is -2.23. The molecule has 1 atom stereocenters. The van der Waals surface area contributed by atoms with Gasteiger partial charge in [-0.25, -0.2) is 8.78 Å². The minimum Gasteiger partial charge on any atom is -0.318 e. The highest BCUT2D eigenvalue weighted by Crippen LogP contribution is 2.15. The van der Waals surface area contributed by atoms with Crippen LogP contribution < -0.4 is 5.73 Å². The molecule has 0 aromatic heterocycles. The standard InChI is InChI=1S/C15H13F2NO/c16-12-6-10(7-13(17)9-12)8-14(19)15(18)11-4-2-1-3-5-11/h1-7,9,15H,8,18H2. The third kappa shape index (κ3) is 3.45. The van der Waals surface area contributed by atoms with E-state index in [2.05, 4.69) is 0 Å². The molecule has 0 bridgehead atoms. The lowest BCUT2D eigenvalue weighted by molar-refractivity contribution is -0.119. The number of Topliss-reactive ketones (excluding diaryl/α,β-unsaturated/α-hetero) is 1. The zero-order valence-electron chi connectivity index (χ0n) is 10.1. The number of benzene rings is 2. The molecule has 0 saturated carbocycles. The van der Waals surface area contributed by atoms with Crippen molar-refractivity contribution in [2.24, 2.45) is 5.73 Å². The fourth-order valence-corrected chi connectivity index (χ4v) is 1.87. The summed E-state index contributed by atoms with van der Waals surface area (Å²) in [7, 11) is 0. The quantitative estimate of drug-likeness (QED) is 0.919. The monoisotopic (exact) mass is 261 g/mol. The van der Waals surface area contributed by atoms with E-state index >= 15 is 0 Å². The van der Waals surface area contributed by atoms with E-state index in [1.165, 1.54) is 0 Å². The van der Waals surface area contributed by atoms with Crippen molar-refractivity contribution in [2.45, 2.75) is 12.5 Å². The van der Waals surface area contributed by atoms with Crippen LogP contribution >= 0.6 is 0 Å². The van der Waals surface area contributed by atoms with Crippen molar-refractivity contribution in [2.75, 3.05) is 0 Å². The summed E-state index contributed by atoms with van der Waals surface area (Å²) in [6, 6.07) is 11.1. The van der Waals surface area contributed by atoms with Crippen LogP contribution in [0.2, 0.25) is 0 Å². The van der Waals surface area contributed by atoms with E-state index < -0.39 is 17.7 Å². The maximum Gasteiger partial charge on any atom is 0.158 e. The van der Waals surface area contributed by atoms with Crippen molar-refractivity contribution >= 4 is 5.78 Å². The number of hydrogen-bond acceptors (Lipinski definition) is 2. The SMILES string of the molecule is NC(C(=O)Cc1cc(F)cc(F)c1)c1ccccc1. The Hall–Kier alpha value is -2.07. The Labute approximate surface area is 109 Å². The second-order valence-electron chi connectivity index (χ2n) is 4.31. The average molecular weight is 261 g/mol. The highest BCUT2D eigenvalue weighted by Gasteiger charge is 2.16. The Bertz CT molecular complexity index is 564. The Morgan fingerprint density at radius 1 is 1.05 bits per heavy atom. The van der Waals surface area contributed by atoms with E-state index in [1.54, 1.807) is 24.3 Å². The molecule has 0 fully saturated rings. The fourth-order valence-electron chi connectivity index (χ4n) is 1.87. The topological polar surface area (TPSA) is 43.1 Å². The molecule has 2 aromatic rings. The second kappa shape index (κ2) is 5.71. The summed E-state index contributed by atoms with van der Waals surface area (Å²) in [6.07, 6.45) is -0.0925. The molecule has 1 unspecified atom stereocenters. The molecule has 2 aromatic carbocycles. The molecular weight excluding hydrogens is 248 g/mol. The normalized spacial score (nSPS) is 12.2. The van der Waals surface area contributed by atoms with Gasteiger partial charge >= 0.3 is 0 Å². The summed E-state index contributed by atoms with van der Waals surface area (Å²) >= 11 is 0. The van der Waals surface area contributed by atoms with Crippen LogP contribution in [0.4, 0.5) is 8.78 Å². The van der Waals surface area contributed by atoms with Gasteiger partial charge in [-0.3, -0.25) is 4.79 Å². The Balaban J connectivity index is 2.13. The highest BCUT2D eigenvalue weighted by atomic mass is 19.1. The molecule has 0 spiro atoms. The smallest absolute Gasteiger partial charge is 0.158 e. The number of carbonyl (C=O) groups excluding carboxylic acids is 1. The van der Waals surface area contributed by atoms with Gasteiger partial charge in [-0.05, 0) is 23.3 Å². The van der Waals surface area contributed by atoms with Gasteiger partial charge in [-0.15, -0.1) is 0 Å². The zero-order chi connectivity index (χ0) is 13.8. The van der Waals surface area contributed by atoms with Gasteiger partial charge in [0.05, 0.1) is 6.04 Å². The summed E-state index contributed by atoms with van der Waals surface area (Å²) in [5.74, 6) is -1.68. The first kappa shape index (κ1) is 13.4. The minimum atomic E-state index is -0.785. The summed E-state index contributed by atoms with van der Waals surface area (Å²) in [5, 5.41) is 0. The Morgan fingerprint density at radius 3 is 2.21 bits per heavy atom. The summed E-state index contributed by atoms with van der Waals surface area (Å²) in [4.78, 5) is 12.0. The lowest BCUT2D eigenvalue weighted by Gasteiger charge is -2.11. The lowest BCUT2D eigenvalue weighted by atomic mass is 9.98. The van der Waals surface area contributed by atoms with Crippen molar-refractivity contribution < 1.29 is 13.6 Å². The number of carbonyl (C=O) groups is 1. The van der Waals surface area contributed by atoms with Crippen molar-refractivity contribution in [1.29, 1.82) is 0 Å². The first-order valence-corrected chi connectivity index (χ1v) is 5.84. The van der Waals surface area contributed by atoms with E-state index in [9.17, 15) is 13.6 Å². The van der Waals surface area contributed by atoms with E-state index in [1.807, 2.05) is 6.07 Å². The molecule has 0 radical (unpaired) electrons. The van der Waals surface area contributed by atoms with E-state index in [0.29, 0.717) is 5.56 Å². The fraction of sp³-hybridized carbons (Fsp3) is 0.133. The van der Waals surface area contributed by atoms with Crippen LogP contribution in [-0.4, -0.2) is 5.78 Å². The Kier molecular flexibility index (Phi) is 4.02. The molecular formula is C15H13F2NO. The number of rotatable bonds is 4. The van der Waals surface area contributed by atoms with Crippen LogP contribution in [-0.2, 0) is 11.2 Å². The van der Waals surface area contributed by atoms with Gasteiger partial charge in [0.1, 0.15) is 11.6 Å². The minimum absolute atomic E-state index is 0.0925. The van der Waals surface area contributed by atoms with Crippen LogP contribution in [0, 0.1) is 11.6 Å². The molecule has 98 valence electrons. The summed E-state index contributed by atoms with van der Waals surface area (Å²) in [5.41, 5.74) is 6.80. The van der Waals surface area contributed by atoms with Gasteiger partial charge in [-0.2, -0.15) is 0 Å².